The highest BCUT2D eigenvalue weighted by Crippen LogP contribution is 2.46. The molecule has 6 heteroatoms. The Balaban J connectivity index is 1.62. The second-order valence-electron chi connectivity index (χ2n) is 7.66. The van der Waals surface area contributed by atoms with Gasteiger partial charge in [0.1, 0.15) is 11.6 Å². The molecule has 0 spiro atoms. The first-order valence-electron chi connectivity index (χ1n) is 9.65. The van der Waals surface area contributed by atoms with E-state index in [1.807, 2.05) is 11.8 Å². The Labute approximate surface area is 153 Å². The average Bonchev–Trinajstić information content (AvgIpc) is 3.05. The third-order valence-electron chi connectivity index (χ3n) is 6.29. The SMILES string of the molecule is CCOCCC(=O)N1C[C@H](c2cc(F)cc(F)c2)[C@H]2[C@@H]1C1CCN2CC1. The highest BCUT2D eigenvalue weighted by molar-refractivity contribution is 5.77. The predicted octanol–water partition coefficient (Wildman–Crippen LogP) is 2.78. The maximum absolute atomic E-state index is 13.8. The molecule has 26 heavy (non-hydrogen) atoms. The number of ether oxygens (including phenoxy) is 1. The Kier molecular flexibility index (Phi) is 4.97. The van der Waals surface area contributed by atoms with E-state index < -0.39 is 11.6 Å². The number of hydrogen-bond acceptors (Lipinski definition) is 3. The van der Waals surface area contributed by atoms with E-state index in [-0.39, 0.29) is 23.9 Å². The van der Waals surface area contributed by atoms with Gasteiger partial charge in [-0.3, -0.25) is 9.69 Å². The van der Waals surface area contributed by atoms with Crippen molar-refractivity contribution in [2.75, 3.05) is 32.8 Å². The van der Waals surface area contributed by atoms with E-state index in [1.165, 1.54) is 12.1 Å². The van der Waals surface area contributed by atoms with Crippen molar-refractivity contribution in [2.24, 2.45) is 5.92 Å². The first-order valence-corrected chi connectivity index (χ1v) is 9.65. The van der Waals surface area contributed by atoms with Crippen LogP contribution in [-0.2, 0) is 9.53 Å². The molecule has 142 valence electrons. The van der Waals surface area contributed by atoms with Crippen molar-refractivity contribution in [1.29, 1.82) is 0 Å². The minimum Gasteiger partial charge on any atom is -0.381 e. The van der Waals surface area contributed by atoms with E-state index in [9.17, 15) is 13.6 Å². The standard InChI is InChI=1S/C20H26F2N2O2/c1-2-26-8-5-18(25)24-12-17(14-9-15(21)11-16(22)10-14)20-19(24)13-3-6-23(20)7-4-13/h9-11,13,17,19-20H,2-8,12H2,1H3/t17-,19+,20+/m1/s1. The Morgan fingerprint density at radius 2 is 1.85 bits per heavy atom. The monoisotopic (exact) mass is 364 g/mol. The van der Waals surface area contributed by atoms with Crippen molar-refractivity contribution in [3.05, 3.63) is 35.4 Å². The summed E-state index contributed by atoms with van der Waals surface area (Å²) in [7, 11) is 0. The zero-order valence-electron chi connectivity index (χ0n) is 15.2. The summed E-state index contributed by atoms with van der Waals surface area (Å²) in [4.78, 5) is 17.2. The summed E-state index contributed by atoms with van der Waals surface area (Å²) in [5, 5.41) is 0. The summed E-state index contributed by atoms with van der Waals surface area (Å²) < 4.78 is 33.0. The van der Waals surface area contributed by atoms with Crippen LogP contribution in [0.3, 0.4) is 0 Å². The lowest BCUT2D eigenvalue weighted by atomic mass is 9.75. The van der Waals surface area contributed by atoms with Crippen molar-refractivity contribution in [2.45, 2.75) is 44.2 Å². The number of hydrogen-bond donors (Lipinski definition) is 0. The molecule has 0 saturated carbocycles. The second-order valence-corrected chi connectivity index (χ2v) is 7.66. The minimum atomic E-state index is -0.548. The molecule has 0 aliphatic carbocycles. The van der Waals surface area contributed by atoms with Gasteiger partial charge in [0.2, 0.25) is 5.91 Å². The van der Waals surface area contributed by atoms with Crippen LogP contribution < -0.4 is 0 Å². The number of halogens is 2. The average molecular weight is 364 g/mol. The van der Waals surface area contributed by atoms with E-state index in [0.29, 0.717) is 37.7 Å². The fraction of sp³-hybridized carbons (Fsp3) is 0.650. The lowest BCUT2D eigenvalue weighted by Gasteiger charge is -2.51. The molecule has 4 aliphatic rings. The molecule has 4 fully saturated rings. The molecular weight excluding hydrogens is 338 g/mol. The van der Waals surface area contributed by atoms with Crippen LogP contribution in [0.1, 0.15) is 37.7 Å². The molecule has 0 aromatic heterocycles. The number of piperidine rings is 3. The molecule has 4 nitrogen and oxygen atoms in total. The quantitative estimate of drug-likeness (QED) is 0.754. The number of rotatable bonds is 5. The molecule has 3 atom stereocenters. The normalized spacial score (nSPS) is 32.7. The first kappa shape index (κ1) is 17.9. The van der Waals surface area contributed by atoms with Crippen molar-refractivity contribution >= 4 is 5.91 Å². The Bertz CT molecular complexity index is 656. The zero-order chi connectivity index (χ0) is 18.3. The number of carbonyl (C=O) groups excluding carboxylic acids is 1. The summed E-state index contributed by atoms with van der Waals surface area (Å²) in [5.41, 5.74) is 0.671. The Hall–Kier alpha value is -1.53. The van der Waals surface area contributed by atoms with Gasteiger partial charge in [-0.05, 0) is 56.5 Å². The van der Waals surface area contributed by atoms with Gasteiger partial charge in [-0.1, -0.05) is 0 Å². The molecule has 4 heterocycles. The van der Waals surface area contributed by atoms with Gasteiger partial charge in [0.05, 0.1) is 19.1 Å². The summed E-state index contributed by atoms with van der Waals surface area (Å²) in [6.07, 6.45) is 2.56. The molecule has 1 amide bonds. The zero-order valence-corrected chi connectivity index (χ0v) is 15.2. The maximum atomic E-state index is 13.8. The van der Waals surface area contributed by atoms with Crippen molar-refractivity contribution in [3.63, 3.8) is 0 Å². The molecule has 4 aliphatic heterocycles. The van der Waals surface area contributed by atoms with E-state index in [0.717, 1.165) is 32.0 Å². The van der Waals surface area contributed by atoms with Crippen LogP contribution in [0.15, 0.2) is 18.2 Å². The molecule has 5 rings (SSSR count). The van der Waals surface area contributed by atoms with Crippen LogP contribution in [0.4, 0.5) is 8.78 Å². The minimum absolute atomic E-state index is 0.0376. The van der Waals surface area contributed by atoms with Crippen LogP contribution in [0.2, 0.25) is 0 Å². The van der Waals surface area contributed by atoms with Crippen LogP contribution >= 0.6 is 0 Å². The van der Waals surface area contributed by atoms with Gasteiger partial charge in [0.25, 0.3) is 0 Å². The Morgan fingerprint density at radius 3 is 2.50 bits per heavy atom. The van der Waals surface area contributed by atoms with Gasteiger partial charge in [0.15, 0.2) is 0 Å². The van der Waals surface area contributed by atoms with Crippen molar-refractivity contribution in [1.82, 2.24) is 9.80 Å². The number of fused-ring (bicyclic) bond motifs is 2. The predicted molar refractivity (Wildman–Crippen MR) is 93.8 cm³/mol. The number of amides is 1. The topological polar surface area (TPSA) is 32.8 Å². The highest BCUT2D eigenvalue weighted by Gasteiger charge is 2.54. The van der Waals surface area contributed by atoms with Crippen LogP contribution in [0, 0.1) is 17.6 Å². The van der Waals surface area contributed by atoms with E-state index in [4.69, 9.17) is 4.74 Å². The molecular formula is C20H26F2N2O2. The van der Waals surface area contributed by atoms with Gasteiger partial charge in [-0.2, -0.15) is 0 Å². The van der Waals surface area contributed by atoms with Crippen LogP contribution in [-0.4, -0.2) is 60.6 Å². The van der Waals surface area contributed by atoms with Gasteiger partial charge in [0, 0.05) is 31.2 Å². The molecule has 4 saturated heterocycles. The maximum Gasteiger partial charge on any atom is 0.225 e. The lowest BCUT2D eigenvalue weighted by Crippen LogP contribution is -2.60. The largest absolute Gasteiger partial charge is 0.381 e. The van der Waals surface area contributed by atoms with Gasteiger partial charge >= 0.3 is 0 Å². The Morgan fingerprint density at radius 1 is 1.15 bits per heavy atom. The van der Waals surface area contributed by atoms with Crippen LogP contribution in [0.25, 0.3) is 0 Å². The first-order chi connectivity index (χ1) is 12.6. The lowest BCUT2D eigenvalue weighted by molar-refractivity contribution is -0.137. The summed E-state index contributed by atoms with van der Waals surface area (Å²) in [6.45, 7) is 5.51. The summed E-state index contributed by atoms with van der Waals surface area (Å²) in [6, 6.07) is 4.10. The summed E-state index contributed by atoms with van der Waals surface area (Å²) in [5.74, 6) is -0.544. The molecule has 1 aromatic rings. The van der Waals surface area contributed by atoms with Gasteiger partial charge < -0.3 is 9.64 Å². The fourth-order valence-corrected chi connectivity index (χ4v) is 5.23. The van der Waals surface area contributed by atoms with Gasteiger partial charge in [-0.15, -0.1) is 0 Å². The number of benzene rings is 1. The van der Waals surface area contributed by atoms with Crippen molar-refractivity contribution < 1.29 is 18.3 Å². The fourth-order valence-electron chi connectivity index (χ4n) is 5.23. The highest BCUT2D eigenvalue weighted by atomic mass is 19.1. The van der Waals surface area contributed by atoms with Crippen LogP contribution in [0.5, 0.6) is 0 Å². The second kappa shape index (κ2) is 7.24. The molecule has 0 N–H and O–H groups in total. The number of likely N-dealkylation sites (tertiary alicyclic amines) is 1. The van der Waals surface area contributed by atoms with Crippen molar-refractivity contribution in [3.8, 4) is 0 Å². The molecule has 1 aromatic carbocycles. The number of carbonyl (C=O) groups is 1. The molecule has 2 bridgehead atoms. The van der Waals surface area contributed by atoms with E-state index in [1.54, 1.807) is 0 Å². The number of nitrogens with zero attached hydrogens (tertiary/aromatic N) is 2. The van der Waals surface area contributed by atoms with E-state index >= 15 is 0 Å². The smallest absolute Gasteiger partial charge is 0.225 e. The third kappa shape index (κ3) is 3.14. The summed E-state index contributed by atoms with van der Waals surface area (Å²) >= 11 is 0. The molecule has 0 radical (unpaired) electrons. The third-order valence-corrected chi connectivity index (χ3v) is 6.29. The molecule has 0 unspecified atom stereocenters. The van der Waals surface area contributed by atoms with Gasteiger partial charge in [-0.25, -0.2) is 8.78 Å². The van der Waals surface area contributed by atoms with E-state index in [2.05, 4.69) is 4.90 Å².